The van der Waals surface area contributed by atoms with E-state index in [-0.39, 0.29) is 17.2 Å². The van der Waals surface area contributed by atoms with Gasteiger partial charge in [-0.05, 0) is 56.2 Å². The Morgan fingerprint density at radius 1 is 1.18 bits per heavy atom. The Kier molecular flexibility index (Phi) is 5.17. The van der Waals surface area contributed by atoms with Gasteiger partial charge < -0.3 is 9.47 Å². The smallest absolute Gasteiger partial charge is 0.240 e. The third-order valence-electron chi connectivity index (χ3n) is 5.01. The van der Waals surface area contributed by atoms with Crippen molar-refractivity contribution in [1.82, 2.24) is 14.8 Å². The molecular formula is C21H21ClN4OS. The second-order valence-electron chi connectivity index (χ2n) is 7.02. The number of aromatic nitrogens is 3. The second-order valence-corrected chi connectivity index (χ2v) is 8.77. The van der Waals surface area contributed by atoms with Crippen LogP contribution in [-0.2, 0) is 18.3 Å². The number of amides is 1. The van der Waals surface area contributed by atoms with Crippen molar-refractivity contribution in [2.45, 2.75) is 36.7 Å². The van der Waals surface area contributed by atoms with Gasteiger partial charge in [-0.25, -0.2) is 0 Å². The number of rotatable bonds is 4. The van der Waals surface area contributed by atoms with Gasteiger partial charge in [-0.3, -0.25) is 4.79 Å². The van der Waals surface area contributed by atoms with Crippen LogP contribution < -0.4 is 4.90 Å². The predicted molar refractivity (Wildman–Crippen MR) is 114 cm³/mol. The van der Waals surface area contributed by atoms with Crippen LogP contribution in [0.15, 0.2) is 53.7 Å². The van der Waals surface area contributed by atoms with Gasteiger partial charge in [0.2, 0.25) is 5.91 Å². The van der Waals surface area contributed by atoms with Gasteiger partial charge in [-0.2, -0.15) is 0 Å². The van der Waals surface area contributed by atoms with Crippen LogP contribution in [0.5, 0.6) is 0 Å². The molecule has 1 aromatic heterocycles. The fraction of sp³-hybridized carbons (Fsp3) is 0.286. The average molecular weight is 413 g/mol. The monoisotopic (exact) mass is 412 g/mol. The molecule has 0 fully saturated rings. The second kappa shape index (κ2) is 7.60. The first-order chi connectivity index (χ1) is 13.5. The van der Waals surface area contributed by atoms with E-state index in [0.717, 1.165) is 23.5 Å². The fourth-order valence-electron chi connectivity index (χ4n) is 3.57. The summed E-state index contributed by atoms with van der Waals surface area (Å²) < 4.78 is 1.92. The number of carbonyl (C=O) groups excluding carboxylic acids is 1. The molecule has 2 aromatic carbocycles. The molecule has 0 bridgehead atoms. The average Bonchev–Trinajstić information content (AvgIpc) is 3.21. The molecule has 1 aliphatic heterocycles. The number of carbonyl (C=O) groups is 1. The molecule has 7 heteroatoms. The van der Waals surface area contributed by atoms with Crippen molar-refractivity contribution in [3.63, 3.8) is 0 Å². The Hall–Kier alpha value is -2.31. The Balaban J connectivity index is 1.53. The summed E-state index contributed by atoms with van der Waals surface area (Å²) in [5, 5.41) is 9.72. The quantitative estimate of drug-likeness (QED) is 0.588. The van der Waals surface area contributed by atoms with Gasteiger partial charge in [-0.1, -0.05) is 41.6 Å². The summed E-state index contributed by atoms with van der Waals surface area (Å²) >= 11 is 7.40. The number of thioether (sulfide) groups is 1. The van der Waals surface area contributed by atoms with E-state index in [4.69, 9.17) is 11.6 Å². The maximum Gasteiger partial charge on any atom is 0.240 e. The summed E-state index contributed by atoms with van der Waals surface area (Å²) in [7, 11) is 1.91. The third kappa shape index (κ3) is 3.42. The molecule has 0 unspecified atom stereocenters. The highest BCUT2D eigenvalue weighted by atomic mass is 35.5. The van der Waals surface area contributed by atoms with E-state index in [0.29, 0.717) is 10.2 Å². The van der Waals surface area contributed by atoms with Crippen molar-refractivity contribution >= 4 is 35.0 Å². The number of benzene rings is 2. The zero-order chi connectivity index (χ0) is 19.8. The van der Waals surface area contributed by atoms with Crippen LogP contribution >= 0.6 is 23.4 Å². The molecule has 2 atom stereocenters. The minimum atomic E-state index is -0.269. The normalized spacial score (nSPS) is 16.9. The van der Waals surface area contributed by atoms with Gasteiger partial charge in [0.25, 0.3) is 0 Å². The highest BCUT2D eigenvalue weighted by Crippen LogP contribution is 2.35. The SMILES string of the molecule is C[C@H](Sc1nnc(-c2ccc(Cl)cc2)n1C)C(=O)N1c2ccccc2C[C@@H]1C. The van der Waals surface area contributed by atoms with Crippen LogP contribution in [0.1, 0.15) is 19.4 Å². The zero-order valence-electron chi connectivity index (χ0n) is 16.0. The lowest BCUT2D eigenvalue weighted by molar-refractivity contribution is -0.118. The third-order valence-corrected chi connectivity index (χ3v) is 6.39. The number of nitrogens with zero attached hydrogens (tertiary/aromatic N) is 4. The first-order valence-electron chi connectivity index (χ1n) is 9.18. The summed E-state index contributed by atoms with van der Waals surface area (Å²) in [5.41, 5.74) is 3.18. The molecule has 1 amide bonds. The van der Waals surface area contributed by atoms with Crippen molar-refractivity contribution in [2.24, 2.45) is 7.05 Å². The number of halogens is 1. The maximum atomic E-state index is 13.2. The highest BCUT2D eigenvalue weighted by molar-refractivity contribution is 8.00. The van der Waals surface area contributed by atoms with Crippen molar-refractivity contribution in [2.75, 3.05) is 4.90 Å². The summed E-state index contributed by atoms with van der Waals surface area (Å²) in [5.74, 6) is 0.845. The van der Waals surface area contributed by atoms with Gasteiger partial charge in [-0.15, -0.1) is 10.2 Å². The van der Waals surface area contributed by atoms with Gasteiger partial charge in [0.05, 0.1) is 5.25 Å². The van der Waals surface area contributed by atoms with E-state index in [2.05, 4.69) is 23.2 Å². The van der Waals surface area contributed by atoms with E-state index in [9.17, 15) is 4.79 Å². The molecule has 5 nitrogen and oxygen atoms in total. The molecule has 28 heavy (non-hydrogen) atoms. The van der Waals surface area contributed by atoms with Crippen molar-refractivity contribution in [3.05, 3.63) is 59.1 Å². The van der Waals surface area contributed by atoms with Crippen LogP contribution in [0.2, 0.25) is 5.02 Å². The van der Waals surface area contributed by atoms with Gasteiger partial charge >= 0.3 is 0 Å². The van der Waals surface area contributed by atoms with Gasteiger partial charge in [0.15, 0.2) is 11.0 Å². The summed E-state index contributed by atoms with van der Waals surface area (Å²) in [6.07, 6.45) is 0.893. The summed E-state index contributed by atoms with van der Waals surface area (Å²) in [6, 6.07) is 15.8. The maximum absolute atomic E-state index is 13.2. The molecule has 2 heterocycles. The summed E-state index contributed by atoms with van der Waals surface area (Å²) in [4.78, 5) is 15.1. The Morgan fingerprint density at radius 2 is 1.89 bits per heavy atom. The highest BCUT2D eigenvalue weighted by Gasteiger charge is 2.34. The fourth-order valence-corrected chi connectivity index (χ4v) is 4.56. The van der Waals surface area contributed by atoms with Crippen molar-refractivity contribution in [1.29, 1.82) is 0 Å². The van der Waals surface area contributed by atoms with E-state index in [1.807, 2.05) is 65.9 Å². The van der Waals surface area contributed by atoms with Crippen LogP contribution in [0, 0.1) is 0 Å². The minimum Gasteiger partial charge on any atom is -0.308 e. The molecule has 0 aliphatic carbocycles. The van der Waals surface area contributed by atoms with E-state index in [1.165, 1.54) is 17.3 Å². The number of anilines is 1. The zero-order valence-corrected chi connectivity index (χ0v) is 17.5. The van der Waals surface area contributed by atoms with Crippen molar-refractivity contribution < 1.29 is 4.79 Å². The van der Waals surface area contributed by atoms with Crippen LogP contribution in [0.4, 0.5) is 5.69 Å². The molecule has 0 N–H and O–H groups in total. The molecule has 0 radical (unpaired) electrons. The van der Waals surface area contributed by atoms with Crippen molar-refractivity contribution in [3.8, 4) is 11.4 Å². The number of fused-ring (bicyclic) bond motifs is 1. The van der Waals surface area contributed by atoms with E-state index < -0.39 is 0 Å². The summed E-state index contributed by atoms with van der Waals surface area (Å²) in [6.45, 7) is 4.02. The molecule has 0 spiro atoms. The number of hydrogen-bond acceptors (Lipinski definition) is 4. The van der Waals surface area contributed by atoms with Crippen LogP contribution in [0.3, 0.4) is 0 Å². The Morgan fingerprint density at radius 3 is 2.64 bits per heavy atom. The van der Waals surface area contributed by atoms with Crippen LogP contribution in [0.25, 0.3) is 11.4 Å². The lowest BCUT2D eigenvalue weighted by Gasteiger charge is -2.25. The molecule has 1 aliphatic rings. The Labute approximate surface area is 173 Å². The minimum absolute atomic E-state index is 0.0958. The number of para-hydroxylation sites is 1. The first kappa shape index (κ1) is 19.0. The molecule has 4 rings (SSSR count). The lowest BCUT2D eigenvalue weighted by atomic mass is 10.1. The first-order valence-corrected chi connectivity index (χ1v) is 10.4. The largest absolute Gasteiger partial charge is 0.308 e. The molecule has 3 aromatic rings. The lowest BCUT2D eigenvalue weighted by Crippen LogP contribution is -2.40. The van der Waals surface area contributed by atoms with Gasteiger partial charge in [0.1, 0.15) is 0 Å². The van der Waals surface area contributed by atoms with E-state index in [1.54, 1.807) is 0 Å². The molecule has 144 valence electrons. The Bertz CT molecular complexity index is 1020. The van der Waals surface area contributed by atoms with E-state index >= 15 is 0 Å². The molecular weight excluding hydrogens is 392 g/mol. The van der Waals surface area contributed by atoms with Crippen LogP contribution in [-0.4, -0.2) is 32.0 Å². The van der Waals surface area contributed by atoms with Gasteiger partial charge in [0, 0.05) is 29.4 Å². The topological polar surface area (TPSA) is 51.0 Å². The molecule has 0 saturated heterocycles. The number of hydrogen-bond donors (Lipinski definition) is 0. The molecule has 0 saturated carbocycles. The standard InChI is InChI=1S/C21H21ClN4OS/c1-13-12-16-6-4-5-7-18(16)26(13)20(27)14(2)28-21-24-23-19(25(21)3)15-8-10-17(22)11-9-15/h4-11,13-14H,12H2,1-3H3/t13-,14-/m0/s1. The predicted octanol–water partition coefficient (Wildman–Crippen LogP) is 4.59.